The fraction of sp³-hybridized carbons (Fsp3) is 0.300. The van der Waals surface area contributed by atoms with Gasteiger partial charge in [0.15, 0.2) is 0 Å². The van der Waals surface area contributed by atoms with Crippen LogP contribution in [0.15, 0.2) is 27.7 Å². The summed E-state index contributed by atoms with van der Waals surface area (Å²) in [6.07, 6.45) is 1.82. The third-order valence-corrected chi connectivity index (χ3v) is 2.30. The van der Waals surface area contributed by atoms with E-state index in [9.17, 15) is 0 Å². The van der Waals surface area contributed by atoms with Crippen molar-refractivity contribution in [1.29, 1.82) is 0 Å². The third-order valence-electron chi connectivity index (χ3n) is 1.81. The fourth-order valence-electron chi connectivity index (χ4n) is 1.21. The Bertz CT molecular complexity index is 371. The molecule has 1 heterocycles. The lowest BCUT2D eigenvalue weighted by molar-refractivity contribution is 0.184. The van der Waals surface area contributed by atoms with Crippen LogP contribution in [0.5, 0.6) is 5.75 Å². The largest absolute Gasteiger partial charge is 0.480 e. The highest BCUT2D eigenvalue weighted by atomic mass is 79.9. The first-order valence-electron chi connectivity index (χ1n) is 4.11. The Morgan fingerprint density at radius 1 is 1.38 bits per heavy atom. The van der Waals surface area contributed by atoms with Gasteiger partial charge in [-0.05, 0) is 32.0 Å². The van der Waals surface area contributed by atoms with Crippen LogP contribution in [0.3, 0.4) is 0 Å². The van der Waals surface area contributed by atoms with Crippen LogP contribution in [-0.2, 0) is 0 Å². The minimum atomic E-state index is -0.291. The van der Waals surface area contributed by atoms with Gasteiger partial charge in [0.1, 0.15) is 17.0 Å². The quantitative estimate of drug-likeness (QED) is 0.681. The lowest BCUT2D eigenvalue weighted by atomic mass is 10.1. The van der Waals surface area contributed by atoms with E-state index in [-0.39, 0.29) is 5.60 Å². The topological polar surface area (TPSA) is 21.6 Å². The lowest BCUT2D eigenvalue weighted by Crippen LogP contribution is -2.31. The maximum absolute atomic E-state index is 5.70. The molecule has 1 aromatic carbocycles. The molecule has 0 aliphatic carbocycles. The SMILES string of the molecule is CC1(C)C=Nc2cc(Br)ccc2O1. The maximum Gasteiger partial charge on any atom is 0.146 e. The van der Waals surface area contributed by atoms with E-state index in [0.29, 0.717) is 0 Å². The van der Waals surface area contributed by atoms with Crippen molar-refractivity contribution in [2.24, 2.45) is 4.99 Å². The van der Waals surface area contributed by atoms with Crippen molar-refractivity contribution in [3.63, 3.8) is 0 Å². The molecular weight excluding hydrogens is 230 g/mol. The fourth-order valence-corrected chi connectivity index (χ4v) is 1.56. The van der Waals surface area contributed by atoms with Gasteiger partial charge < -0.3 is 4.74 Å². The van der Waals surface area contributed by atoms with Crippen molar-refractivity contribution < 1.29 is 4.74 Å². The molecule has 0 unspecified atom stereocenters. The molecule has 0 N–H and O–H groups in total. The Hall–Kier alpha value is -0.830. The first-order valence-corrected chi connectivity index (χ1v) is 4.90. The summed E-state index contributed by atoms with van der Waals surface area (Å²) in [5.41, 5.74) is 0.592. The number of hydrogen-bond acceptors (Lipinski definition) is 2. The van der Waals surface area contributed by atoms with Gasteiger partial charge in [0.2, 0.25) is 0 Å². The van der Waals surface area contributed by atoms with Gasteiger partial charge in [0, 0.05) is 10.7 Å². The first kappa shape index (κ1) is 8.75. The number of fused-ring (bicyclic) bond motifs is 1. The average Bonchev–Trinajstić information content (AvgIpc) is 2.05. The van der Waals surface area contributed by atoms with Crippen molar-refractivity contribution in [2.45, 2.75) is 19.4 Å². The molecule has 13 heavy (non-hydrogen) atoms. The number of nitrogens with zero attached hydrogens (tertiary/aromatic N) is 1. The molecule has 0 radical (unpaired) electrons. The van der Waals surface area contributed by atoms with E-state index >= 15 is 0 Å². The number of rotatable bonds is 0. The van der Waals surface area contributed by atoms with Crippen LogP contribution in [0.1, 0.15) is 13.8 Å². The Balaban J connectivity index is 2.47. The smallest absolute Gasteiger partial charge is 0.146 e. The van der Waals surface area contributed by atoms with Gasteiger partial charge in [0.25, 0.3) is 0 Å². The zero-order valence-electron chi connectivity index (χ0n) is 7.54. The van der Waals surface area contributed by atoms with Gasteiger partial charge >= 0.3 is 0 Å². The molecule has 3 heteroatoms. The average molecular weight is 240 g/mol. The predicted molar refractivity (Wildman–Crippen MR) is 57.0 cm³/mol. The molecular formula is C10H10BrNO. The van der Waals surface area contributed by atoms with Gasteiger partial charge in [-0.15, -0.1) is 0 Å². The van der Waals surface area contributed by atoms with E-state index in [4.69, 9.17) is 4.74 Å². The summed E-state index contributed by atoms with van der Waals surface area (Å²) in [6, 6.07) is 5.83. The van der Waals surface area contributed by atoms with Gasteiger partial charge in [-0.2, -0.15) is 0 Å². The van der Waals surface area contributed by atoms with Crippen LogP contribution in [0.4, 0.5) is 5.69 Å². The Kier molecular flexibility index (Phi) is 1.91. The molecule has 1 aromatic rings. The van der Waals surface area contributed by atoms with E-state index in [2.05, 4.69) is 20.9 Å². The zero-order chi connectivity index (χ0) is 9.47. The number of hydrogen-bond donors (Lipinski definition) is 0. The van der Waals surface area contributed by atoms with Crippen LogP contribution in [0.2, 0.25) is 0 Å². The van der Waals surface area contributed by atoms with Crippen molar-refractivity contribution >= 4 is 27.8 Å². The molecule has 0 fully saturated rings. The number of ether oxygens (including phenoxy) is 1. The number of aliphatic imine (C=N–C) groups is 1. The summed E-state index contributed by atoms with van der Waals surface area (Å²) in [6.45, 7) is 3.98. The van der Waals surface area contributed by atoms with E-state index in [1.54, 1.807) is 0 Å². The summed E-state index contributed by atoms with van der Waals surface area (Å²) in [7, 11) is 0. The lowest BCUT2D eigenvalue weighted by Gasteiger charge is -2.26. The van der Waals surface area contributed by atoms with Crippen molar-refractivity contribution in [1.82, 2.24) is 0 Å². The Morgan fingerprint density at radius 3 is 2.92 bits per heavy atom. The molecule has 68 valence electrons. The second kappa shape index (κ2) is 2.84. The van der Waals surface area contributed by atoms with Gasteiger partial charge in [-0.25, -0.2) is 0 Å². The highest BCUT2D eigenvalue weighted by Crippen LogP contribution is 2.35. The molecule has 0 saturated heterocycles. The van der Waals surface area contributed by atoms with E-state index in [1.165, 1.54) is 0 Å². The second-order valence-electron chi connectivity index (χ2n) is 3.58. The van der Waals surface area contributed by atoms with Gasteiger partial charge in [-0.1, -0.05) is 15.9 Å². The van der Waals surface area contributed by atoms with Crippen LogP contribution >= 0.6 is 15.9 Å². The van der Waals surface area contributed by atoms with Crippen molar-refractivity contribution in [3.8, 4) is 5.75 Å². The van der Waals surface area contributed by atoms with E-state index in [0.717, 1.165) is 15.9 Å². The Labute approximate surface area is 85.8 Å². The van der Waals surface area contributed by atoms with E-state index < -0.39 is 0 Å². The molecule has 0 aromatic heterocycles. The predicted octanol–water partition coefficient (Wildman–Crippen LogP) is 3.32. The molecule has 0 amide bonds. The van der Waals surface area contributed by atoms with Crippen molar-refractivity contribution in [2.75, 3.05) is 0 Å². The molecule has 1 aliphatic heterocycles. The molecule has 0 atom stereocenters. The highest BCUT2D eigenvalue weighted by Gasteiger charge is 2.22. The van der Waals surface area contributed by atoms with Crippen LogP contribution in [-0.4, -0.2) is 11.8 Å². The summed E-state index contributed by atoms with van der Waals surface area (Å²) >= 11 is 3.39. The summed E-state index contributed by atoms with van der Waals surface area (Å²) in [5, 5.41) is 0. The Morgan fingerprint density at radius 2 is 2.15 bits per heavy atom. The van der Waals surface area contributed by atoms with Gasteiger partial charge in [0.05, 0.1) is 0 Å². The minimum Gasteiger partial charge on any atom is -0.480 e. The second-order valence-corrected chi connectivity index (χ2v) is 4.49. The number of halogens is 1. The first-order chi connectivity index (χ1) is 6.07. The summed E-state index contributed by atoms with van der Waals surface area (Å²) < 4.78 is 6.72. The molecule has 2 rings (SSSR count). The molecule has 2 nitrogen and oxygen atoms in total. The van der Waals surface area contributed by atoms with Crippen molar-refractivity contribution in [3.05, 3.63) is 22.7 Å². The molecule has 0 spiro atoms. The van der Waals surface area contributed by atoms with E-state index in [1.807, 2.05) is 38.3 Å². The minimum absolute atomic E-state index is 0.291. The van der Waals surface area contributed by atoms with Crippen LogP contribution in [0.25, 0.3) is 0 Å². The molecule has 0 saturated carbocycles. The summed E-state index contributed by atoms with van der Waals surface area (Å²) in [5.74, 6) is 0.843. The number of benzene rings is 1. The maximum atomic E-state index is 5.70. The third kappa shape index (κ3) is 1.75. The normalized spacial score (nSPS) is 17.8. The summed E-state index contributed by atoms with van der Waals surface area (Å²) in [4.78, 5) is 4.33. The zero-order valence-corrected chi connectivity index (χ0v) is 9.13. The van der Waals surface area contributed by atoms with Crippen LogP contribution in [0, 0.1) is 0 Å². The van der Waals surface area contributed by atoms with Crippen LogP contribution < -0.4 is 4.74 Å². The highest BCUT2D eigenvalue weighted by molar-refractivity contribution is 9.10. The molecule has 1 aliphatic rings. The van der Waals surface area contributed by atoms with Gasteiger partial charge in [-0.3, -0.25) is 4.99 Å². The monoisotopic (exact) mass is 239 g/mol. The standard InChI is InChI=1S/C10H10BrNO/c1-10(2)6-12-8-5-7(11)3-4-9(8)13-10/h3-6H,1-2H3. The molecule has 0 bridgehead atoms.